The Morgan fingerprint density at radius 3 is 1.37 bits per heavy atom. The molecule has 5 aromatic rings. The van der Waals surface area contributed by atoms with E-state index >= 15 is 0 Å². The molecular weight excluding hydrogens is 773 g/mol. The van der Waals surface area contributed by atoms with Gasteiger partial charge in [0.2, 0.25) is 0 Å². The fourth-order valence-electron chi connectivity index (χ4n) is 7.30. The number of ether oxygens (including phenoxy) is 2. The van der Waals surface area contributed by atoms with Crippen molar-refractivity contribution in [3.05, 3.63) is 149 Å². The van der Waals surface area contributed by atoms with Crippen LogP contribution in [0.25, 0.3) is 0 Å². The SMILES string of the molecule is Cc1c(CN(Cc2ccccn2)Cc2ccccn2)cc(OCCCCCC(=O)CCCC(=O)CCCOCCC(C)(C)C)cc1CN(Cc1ccccn1)Cc1ccccn1. The lowest BCUT2D eigenvalue weighted by Gasteiger charge is -2.26. The van der Waals surface area contributed by atoms with E-state index in [0.717, 1.165) is 67.2 Å². The van der Waals surface area contributed by atoms with E-state index in [-0.39, 0.29) is 17.0 Å². The fraction of sp³-hybridized carbons (Fsp3) is 0.462. The Morgan fingerprint density at radius 1 is 0.516 bits per heavy atom. The average molecular weight is 841 g/mol. The molecule has 1 aromatic carbocycles. The second-order valence-corrected chi connectivity index (χ2v) is 17.6. The van der Waals surface area contributed by atoms with Gasteiger partial charge < -0.3 is 9.47 Å². The molecule has 5 rings (SSSR count). The molecule has 0 aliphatic heterocycles. The van der Waals surface area contributed by atoms with Crippen LogP contribution < -0.4 is 4.74 Å². The summed E-state index contributed by atoms with van der Waals surface area (Å²) in [5.74, 6) is 1.29. The minimum absolute atomic E-state index is 0.222. The highest BCUT2D eigenvalue weighted by molar-refractivity contribution is 5.81. The molecule has 0 spiro atoms. The molecule has 0 atom stereocenters. The Bertz CT molecular complexity index is 1830. The molecular formula is C52H68N6O4. The zero-order valence-electron chi connectivity index (χ0n) is 37.6. The predicted octanol–water partition coefficient (Wildman–Crippen LogP) is 10.5. The number of ketones is 2. The van der Waals surface area contributed by atoms with E-state index in [2.05, 4.69) is 93.8 Å². The van der Waals surface area contributed by atoms with Gasteiger partial charge in [0, 0.05) is 103 Å². The first-order valence-corrected chi connectivity index (χ1v) is 22.5. The largest absolute Gasteiger partial charge is 0.494 e. The summed E-state index contributed by atoms with van der Waals surface area (Å²) in [5, 5.41) is 0. The minimum atomic E-state index is 0.222. The summed E-state index contributed by atoms with van der Waals surface area (Å²) in [7, 11) is 0. The number of Topliss-reactive ketones (excluding diaryl/α,β-unsaturated/α-hetero) is 2. The van der Waals surface area contributed by atoms with Crippen molar-refractivity contribution < 1.29 is 19.1 Å². The summed E-state index contributed by atoms with van der Waals surface area (Å²) in [6.07, 6.45) is 14.3. The van der Waals surface area contributed by atoms with Crippen molar-refractivity contribution >= 4 is 11.6 Å². The molecule has 0 unspecified atom stereocenters. The maximum absolute atomic E-state index is 12.7. The summed E-state index contributed by atoms with van der Waals surface area (Å²) in [6, 6.07) is 28.6. The van der Waals surface area contributed by atoms with Gasteiger partial charge in [-0.1, -0.05) is 45.0 Å². The van der Waals surface area contributed by atoms with E-state index in [1.807, 2.05) is 73.3 Å². The summed E-state index contributed by atoms with van der Waals surface area (Å²) >= 11 is 0. The fourth-order valence-corrected chi connectivity index (χ4v) is 7.30. The predicted molar refractivity (Wildman–Crippen MR) is 246 cm³/mol. The van der Waals surface area contributed by atoms with E-state index in [9.17, 15) is 9.59 Å². The van der Waals surface area contributed by atoms with Crippen molar-refractivity contribution in [3.63, 3.8) is 0 Å². The zero-order valence-corrected chi connectivity index (χ0v) is 37.6. The molecule has 10 nitrogen and oxygen atoms in total. The Kier molecular flexibility index (Phi) is 20.3. The van der Waals surface area contributed by atoms with Crippen LogP contribution in [0.1, 0.15) is 124 Å². The number of pyridine rings is 4. The molecule has 62 heavy (non-hydrogen) atoms. The number of benzene rings is 1. The highest BCUT2D eigenvalue weighted by atomic mass is 16.5. The number of hydrogen-bond acceptors (Lipinski definition) is 10. The van der Waals surface area contributed by atoms with Crippen LogP contribution in [0.2, 0.25) is 0 Å². The highest BCUT2D eigenvalue weighted by Crippen LogP contribution is 2.28. The maximum Gasteiger partial charge on any atom is 0.133 e. The lowest BCUT2D eigenvalue weighted by atomic mass is 9.93. The monoisotopic (exact) mass is 841 g/mol. The Labute approximate surface area is 370 Å². The molecule has 0 saturated heterocycles. The molecule has 0 radical (unpaired) electrons. The van der Waals surface area contributed by atoms with Crippen LogP contribution in [0.3, 0.4) is 0 Å². The van der Waals surface area contributed by atoms with Crippen molar-refractivity contribution in [2.75, 3.05) is 19.8 Å². The first-order valence-electron chi connectivity index (χ1n) is 22.5. The zero-order chi connectivity index (χ0) is 43.8. The van der Waals surface area contributed by atoms with Gasteiger partial charge in [0.15, 0.2) is 0 Å². The van der Waals surface area contributed by atoms with Crippen molar-refractivity contribution in [3.8, 4) is 5.75 Å². The molecule has 0 amide bonds. The number of aromatic nitrogens is 4. The second kappa shape index (κ2) is 26.3. The lowest BCUT2D eigenvalue weighted by molar-refractivity contribution is -0.120. The van der Waals surface area contributed by atoms with E-state index < -0.39 is 0 Å². The van der Waals surface area contributed by atoms with E-state index in [0.29, 0.717) is 84.6 Å². The Balaban J connectivity index is 1.19. The first-order chi connectivity index (χ1) is 30.1. The molecule has 0 fully saturated rings. The third kappa shape index (κ3) is 18.8. The number of hydrogen-bond donors (Lipinski definition) is 0. The van der Waals surface area contributed by atoms with Crippen molar-refractivity contribution in [1.82, 2.24) is 29.7 Å². The van der Waals surface area contributed by atoms with Gasteiger partial charge in [-0.25, -0.2) is 0 Å². The Morgan fingerprint density at radius 2 is 0.952 bits per heavy atom. The number of nitrogens with zero attached hydrogens (tertiary/aromatic N) is 6. The van der Waals surface area contributed by atoms with Gasteiger partial charge in [-0.15, -0.1) is 0 Å². The van der Waals surface area contributed by atoms with E-state index in [1.165, 1.54) is 16.7 Å². The summed E-state index contributed by atoms with van der Waals surface area (Å²) < 4.78 is 12.2. The number of unbranched alkanes of at least 4 members (excludes halogenated alkanes) is 2. The van der Waals surface area contributed by atoms with Crippen LogP contribution in [0.5, 0.6) is 5.75 Å². The van der Waals surface area contributed by atoms with Crippen LogP contribution in [-0.2, 0) is 53.6 Å². The number of rotatable bonds is 29. The third-order valence-corrected chi connectivity index (χ3v) is 10.9. The first kappa shape index (κ1) is 47.9. The third-order valence-electron chi connectivity index (χ3n) is 10.9. The van der Waals surface area contributed by atoms with Crippen molar-refractivity contribution in [2.24, 2.45) is 5.41 Å². The van der Waals surface area contributed by atoms with Crippen LogP contribution in [0.4, 0.5) is 0 Å². The van der Waals surface area contributed by atoms with Crippen molar-refractivity contribution in [2.45, 2.75) is 131 Å². The molecule has 330 valence electrons. The Hall–Kier alpha value is -5.16. The molecule has 0 bridgehead atoms. The molecule has 4 heterocycles. The smallest absolute Gasteiger partial charge is 0.133 e. The van der Waals surface area contributed by atoms with Crippen LogP contribution in [0.15, 0.2) is 110 Å². The maximum atomic E-state index is 12.7. The van der Waals surface area contributed by atoms with Gasteiger partial charge in [0.1, 0.15) is 17.3 Å². The van der Waals surface area contributed by atoms with E-state index in [4.69, 9.17) is 9.47 Å². The molecule has 10 heteroatoms. The minimum Gasteiger partial charge on any atom is -0.494 e. The second-order valence-electron chi connectivity index (χ2n) is 17.6. The van der Waals surface area contributed by atoms with Crippen LogP contribution >= 0.6 is 0 Å². The highest BCUT2D eigenvalue weighted by Gasteiger charge is 2.18. The van der Waals surface area contributed by atoms with Gasteiger partial charge >= 0.3 is 0 Å². The van der Waals surface area contributed by atoms with Gasteiger partial charge in [0.05, 0.1) is 29.4 Å². The van der Waals surface area contributed by atoms with E-state index in [1.54, 1.807) is 0 Å². The molecule has 4 aromatic heterocycles. The molecule has 0 saturated carbocycles. The van der Waals surface area contributed by atoms with Crippen LogP contribution in [-0.4, -0.2) is 61.1 Å². The quantitative estimate of drug-likeness (QED) is 0.0432. The normalized spacial score (nSPS) is 11.6. The average Bonchev–Trinajstić information content (AvgIpc) is 3.26. The van der Waals surface area contributed by atoms with Gasteiger partial charge in [-0.05, 0) is 128 Å². The molecule has 0 aliphatic carbocycles. The number of carbonyl (C=O) groups excluding carboxylic acids is 2. The standard InChI is InChI=1S/C52H68N6O4/c1-42-43(36-57(38-45-18-7-11-27-53-45)39-46-19-8-12-28-54-46)34-51(35-44(42)37-58(40-47-20-9-13-29-55-47)41-48-21-10-14-30-56-48)62-32-15-5-6-22-49(59)23-16-24-50(60)25-17-31-61-33-26-52(2,3)4/h7-14,18-21,27-30,34-35H,5-6,15-17,22-26,31-33,36-41H2,1-4H3. The van der Waals surface area contributed by atoms with Gasteiger partial charge in [-0.2, -0.15) is 0 Å². The lowest BCUT2D eigenvalue weighted by Crippen LogP contribution is -2.26. The molecule has 0 N–H and O–H groups in total. The topological polar surface area (TPSA) is 111 Å². The van der Waals surface area contributed by atoms with Gasteiger partial charge in [0.25, 0.3) is 0 Å². The number of carbonyl (C=O) groups is 2. The summed E-state index contributed by atoms with van der Waals surface area (Å²) in [5.41, 5.74) is 7.86. The van der Waals surface area contributed by atoms with Crippen LogP contribution in [0, 0.1) is 12.3 Å². The van der Waals surface area contributed by atoms with Gasteiger partial charge in [-0.3, -0.25) is 39.3 Å². The summed E-state index contributed by atoms with van der Waals surface area (Å²) in [6.45, 7) is 14.8. The van der Waals surface area contributed by atoms with Crippen molar-refractivity contribution in [1.29, 1.82) is 0 Å². The molecule has 0 aliphatic rings. The summed E-state index contributed by atoms with van der Waals surface area (Å²) in [4.78, 5) is 48.4.